The van der Waals surface area contributed by atoms with E-state index in [0.717, 1.165) is 11.3 Å². The Kier molecular flexibility index (Phi) is 6.83. The summed E-state index contributed by atoms with van der Waals surface area (Å²) < 4.78 is 10.6. The quantitative estimate of drug-likeness (QED) is 0.516. The van der Waals surface area contributed by atoms with E-state index >= 15 is 0 Å². The fraction of sp³-hybridized carbons (Fsp3) is 0.278. The minimum absolute atomic E-state index is 0.122. The van der Waals surface area contributed by atoms with Crippen molar-refractivity contribution in [2.45, 2.75) is 23.8 Å². The smallest absolute Gasteiger partial charge is 0.239 e. The normalized spacial score (nSPS) is 11.7. The number of methoxy groups -OCH3 is 2. The Bertz CT molecular complexity index is 997. The van der Waals surface area contributed by atoms with E-state index < -0.39 is 0 Å². The molecule has 1 unspecified atom stereocenters. The van der Waals surface area contributed by atoms with Gasteiger partial charge in [-0.3, -0.25) is 4.79 Å². The molecule has 0 fully saturated rings. The number of aromatic nitrogens is 4. The second-order valence-corrected chi connectivity index (χ2v) is 7.77. The molecule has 0 aliphatic rings. The number of hydrogen-bond acceptors (Lipinski definition) is 10. The Hall–Kier alpha value is -2.92. The topological polar surface area (TPSA) is 125 Å². The van der Waals surface area contributed by atoms with Gasteiger partial charge in [-0.15, -0.1) is 11.3 Å². The first-order valence-electron chi connectivity index (χ1n) is 8.64. The Labute approximate surface area is 176 Å². The van der Waals surface area contributed by atoms with Gasteiger partial charge in [-0.05, 0) is 24.6 Å². The van der Waals surface area contributed by atoms with E-state index in [1.54, 1.807) is 14.2 Å². The van der Waals surface area contributed by atoms with Gasteiger partial charge in [0.2, 0.25) is 11.9 Å². The maximum absolute atomic E-state index is 12.7. The van der Waals surface area contributed by atoms with E-state index in [0.29, 0.717) is 28.2 Å². The van der Waals surface area contributed by atoms with Crippen molar-refractivity contribution in [1.82, 2.24) is 19.9 Å². The first kappa shape index (κ1) is 20.8. The lowest BCUT2D eigenvalue weighted by molar-refractivity contribution is -0.115. The molecular weight excluding hydrogens is 412 g/mol. The van der Waals surface area contributed by atoms with Gasteiger partial charge in [-0.2, -0.15) is 4.98 Å². The average Bonchev–Trinajstić information content (AvgIpc) is 3.19. The van der Waals surface area contributed by atoms with Crippen molar-refractivity contribution in [3.05, 3.63) is 29.9 Å². The number of nitrogen functional groups attached to an aromatic ring is 1. The van der Waals surface area contributed by atoms with Gasteiger partial charge in [-0.25, -0.2) is 15.0 Å². The van der Waals surface area contributed by atoms with E-state index in [-0.39, 0.29) is 17.1 Å². The number of nitrogens with one attached hydrogen (secondary N) is 1. The zero-order valence-electron chi connectivity index (χ0n) is 16.1. The van der Waals surface area contributed by atoms with Crippen LogP contribution < -0.4 is 20.5 Å². The van der Waals surface area contributed by atoms with Gasteiger partial charge in [0.15, 0.2) is 21.8 Å². The van der Waals surface area contributed by atoms with Gasteiger partial charge in [0, 0.05) is 10.9 Å². The highest BCUT2D eigenvalue weighted by Crippen LogP contribution is 2.33. The minimum atomic E-state index is -0.384. The Balaban J connectivity index is 1.71. The van der Waals surface area contributed by atoms with Crippen molar-refractivity contribution in [2.75, 3.05) is 25.3 Å². The average molecular weight is 433 g/mol. The standard InChI is InChI=1S/C18H20N6O3S2/c1-4-14(29-17-21-9-20-16(19)24-17)15(25)23-18-22-11(8-28-18)10-5-6-12(26-2)13(7-10)27-3/h5-9,14H,4H2,1-3H3,(H,22,23,25)(H2,19,20,21,24). The monoisotopic (exact) mass is 432 g/mol. The molecule has 11 heteroatoms. The molecule has 3 N–H and O–H groups in total. The van der Waals surface area contributed by atoms with Gasteiger partial charge in [-0.1, -0.05) is 18.7 Å². The second-order valence-electron chi connectivity index (χ2n) is 5.74. The summed E-state index contributed by atoms with van der Waals surface area (Å²) in [6, 6.07) is 5.54. The number of anilines is 2. The number of nitrogens with zero attached hydrogens (tertiary/aromatic N) is 4. The number of carbonyl (C=O) groups is 1. The number of thiazole rings is 1. The summed E-state index contributed by atoms with van der Waals surface area (Å²) in [5.74, 6) is 1.20. The molecule has 3 aromatic rings. The number of amides is 1. The first-order valence-corrected chi connectivity index (χ1v) is 10.4. The lowest BCUT2D eigenvalue weighted by atomic mass is 10.1. The molecule has 1 atom stereocenters. The fourth-order valence-corrected chi connectivity index (χ4v) is 4.01. The first-order chi connectivity index (χ1) is 14.0. The fourth-order valence-electron chi connectivity index (χ4n) is 2.44. The summed E-state index contributed by atoms with van der Waals surface area (Å²) in [7, 11) is 3.17. The molecule has 29 heavy (non-hydrogen) atoms. The minimum Gasteiger partial charge on any atom is -0.493 e. The highest BCUT2D eigenvalue weighted by atomic mass is 32.2. The molecule has 0 aliphatic carbocycles. The molecule has 0 spiro atoms. The van der Waals surface area contributed by atoms with Gasteiger partial charge in [0.25, 0.3) is 0 Å². The van der Waals surface area contributed by atoms with Gasteiger partial charge < -0.3 is 20.5 Å². The number of nitrogens with two attached hydrogens (primary N) is 1. The predicted octanol–water partition coefficient (Wildman–Crippen LogP) is 3.10. The maximum atomic E-state index is 12.7. The third-order valence-electron chi connectivity index (χ3n) is 3.89. The van der Waals surface area contributed by atoms with Crippen LogP contribution in [0.3, 0.4) is 0 Å². The molecule has 2 heterocycles. The second kappa shape index (κ2) is 9.52. The predicted molar refractivity (Wildman–Crippen MR) is 113 cm³/mol. The van der Waals surface area contributed by atoms with E-state index in [1.807, 2.05) is 30.5 Å². The molecule has 0 bridgehead atoms. The zero-order valence-corrected chi connectivity index (χ0v) is 17.7. The van der Waals surface area contributed by atoms with Crippen LogP contribution in [0.5, 0.6) is 11.5 Å². The van der Waals surface area contributed by atoms with Crippen LogP contribution in [0, 0.1) is 0 Å². The van der Waals surface area contributed by atoms with Gasteiger partial charge in [0.05, 0.1) is 25.2 Å². The van der Waals surface area contributed by atoms with Crippen LogP contribution in [0.2, 0.25) is 0 Å². The summed E-state index contributed by atoms with van der Waals surface area (Å²) in [5.41, 5.74) is 7.17. The molecule has 9 nitrogen and oxygen atoms in total. The van der Waals surface area contributed by atoms with Crippen molar-refractivity contribution < 1.29 is 14.3 Å². The molecule has 0 radical (unpaired) electrons. The van der Waals surface area contributed by atoms with Gasteiger partial charge >= 0.3 is 0 Å². The SMILES string of the molecule is CCC(Sc1ncnc(N)n1)C(=O)Nc1nc(-c2ccc(OC)c(OC)c2)cs1. The summed E-state index contributed by atoms with van der Waals surface area (Å²) >= 11 is 2.58. The van der Waals surface area contributed by atoms with Crippen LogP contribution in [0.15, 0.2) is 35.1 Å². The summed E-state index contributed by atoms with van der Waals surface area (Å²) in [4.78, 5) is 29.0. The van der Waals surface area contributed by atoms with Crippen LogP contribution in [0.25, 0.3) is 11.3 Å². The molecule has 1 amide bonds. The summed E-state index contributed by atoms with van der Waals surface area (Å²) in [6.45, 7) is 1.92. The molecular formula is C18H20N6O3S2. The molecule has 0 saturated heterocycles. The molecule has 2 aromatic heterocycles. The van der Waals surface area contributed by atoms with Gasteiger partial charge in [0.1, 0.15) is 6.33 Å². The van der Waals surface area contributed by atoms with Crippen molar-refractivity contribution in [3.63, 3.8) is 0 Å². The maximum Gasteiger partial charge on any atom is 0.239 e. The van der Waals surface area contributed by atoms with Crippen molar-refractivity contribution >= 4 is 40.1 Å². The van der Waals surface area contributed by atoms with Crippen LogP contribution in [0.4, 0.5) is 11.1 Å². The largest absolute Gasteiger partial charge is 0.493 e. The molecule has 0 saturated carbocycles. The van der Waals surface area contributed by atoms with E-state index in [4.69, 9.17) is 15.2 Å². The highest BCUT2D eigenvalue weighted by Gasteiger charge is 2.21. The third-order valence-corrected chi connectivity index (χ3v) is 5.89. The van der Waals surface area contributed by atoms with Crippen LogP contribution in [0.1, 0.15) is 13.3 Å². The van der Waals surface area contributed by atoms with E-state index in [9.17, 15) is 4.79 Å². The van der Waals surface area contributed by atoms with E-state index in [2.05, 4.69) is 25.3 Å². The van der Waals surface area contributed by atoms with E-state index in [1.165, 1.54) is 29.4 Å². The van der Waals surface area contributed by atoms with Crippen molar-refractivity contribution in [1.29, 1.82) is 0 Å². The Morgan fingerprint density at radius 2 is 2.03 bits per heavy atom. The number of carbonyl (C=O) groups excluding carboxylic acids is 1. The van der Waals surface area contributed by atoms with Crippen LogP contribution in [-0.2, 0) is 4.79 Å². The lowest BCUT2D eigenvalue weighted by Crippen LogP contribution is -2.24. The Morgan fingerprint density at radius 3 is 2.72 bits per heavy atom. The zero-order chi connectivity index (χ0) is 20.8. The highest BCUT2D eigenvalue weighted by molar-refractivity contribution is 8.00. The molecule has 0 aliphatic heterocycles. The van der Waals surface area contributed by atoms with Crippen molar-refractivity contribution in [2.24, 2.45) is 0 Å². The van der Waals surface area contributed by atoms with Crippen molar-refractivity contribution in [3.8, 4) is 22.8 Å². The summed E-state index contributed by atoms with van der Waals surface area (Å²) in [6.07, 6.45) is 1.92. The molecule has 1 aromatic carbocycles. The number of hydrogen-bond donors (Lipinski definition) is 2. The summed E-state index contributed by atoms with van der Waals surface area (Å²) in [5, 5.41) is 5.26. The third kappa shape index (κ3) is 5.12. The number of rotatable bonds is 8. The number of thioether (sulfide) groups is 1. The molecule has 152 valence electrons. The Morgan fingerprint density at radius 1 is 1.24 bits per heavy atom. The van der Waals surface area contributed by atoms with Crippen LogP contribution >= 0.6 is 23.1 Å². The molecule has 3 rings (SSSR count). The van der Waals surface area contributed by atoms with Crippen LogP contribution in [-0.4, -0.2) is 45.3 Å². The number of ether oxygens (including phenoxy) is 2. The number of benzene rings is 1. The lowest BCUT2D eigenvalue weighted by Gasteiger charge is -2.12.